The van der Waals surface area contributed by atoms with Crippen molar-refractivity contribution in [1.29, 1.82) is 0 Å². The monoisotopic (exact) mass is 243 g/mol. The Bertz CT molecular complexity index is 593. The van der Waals surface area contributed by atoms with Gasteiger partial charge in [-0.05, 0) is 42.8 Å². The van der Waals surface area contributed by atoms with Gasteiger partial charge in [-0.25, -0.2) is 4.79 Å². The van der Waals surface area contributed by atoms with Crippen LogP contribution in [0.4, 0.5) is 0 Å². The number of aromatic carboxylic acids is 1. The van der Waals surface area contributed by atoms with E-state index in [-0.39, 0.29) is 5.56 Å². The molecule has 0 aliphatic carbocycles. The maximum Gasteiger partial charge on any atom is 0.335 e. The third-order valence-corrected chi connectivity index (χ3v) is 2.65. The molecule has 0 radical (unpaired) electrons. The van der Waals surface area contributed by atoms with E-state index in [4.69, 9.17) is 9.84 Å². The summed E-state index contributed by atoms with van der Waals surface area (Å²) in [6.07, 6.45) is 1.69. The molecule has 0 amide bonds. The molecule has 1 heterocycles. The first-order valence-corrected chi connectivity index (χ1v) is 5.46. The van der Waals surface area contributed by atoms with Gasteiger partial charge in [-0.3, -0.25) is 4.98 Å². The molecular weight excluding hydrogens is 230 g/mol. The lowest BCUT2D eigenvalue weighted by Crippen LogP contribution is -1.98. The molecule has 18 heavy (non-hydrogen) atoms. The van der Waals surface area contributed by atoms with E-state index < -0.39 is 5.97 Å². The quantitative estimate of drug-likeness (QED) is 0.900. The molecule has 0 bridgehead atoms. The van der Waals surface area contributed by atoms with Gasteiger partial charge in [0.1, 0.15) is 5.75 Å². The van der Waals surface area contributed by atoms with Crippen LogP contribution in [0.1, 0.15) is 16.1 Å². The van der Waals surface area contributed by atoms with E-state index in [1.165, 1.54) is 6.07 Å². The number of carbonyl (C=O) groups is 1. The Morgan fingerprint density at radius 2 is 2.06 bits per heavy atom. The van der Waals surface area contributed by atoms with Crippen molar-refractivity contribution in [3.8, 4) is 16.9 Å². The molecule has 2 aromatic rings. The summed E-state index contributed by atoms with van der Waals surface area (Å²) in [5.74, 6) is -0.310. The number of aromatic nitrogens is 1. The molecule has 0 fully saturated rings. The molecule has 0 aliphatic heterocycles. The highest BCUT2D eigenvalue weighted by molar-refractivity contribution is 5.90. The Kier molecular flexibility index (Phi) is 3.28. The molecule has 4 nitrogen and oxygen atoms in total. The zero-order chi connectivity index (χ0) is 13.1. The summed E-state index contributed by atoms with van der Waals surface area (Å²) in [6.45, 7) is 1.89. The number of benzene rings is 1. The Morgan fingerprint density at radius 1 is 1.28 bits per heavy atom. The average Bonchev–Trinajstić information content (AvgIpc) is 2.38. The van der Waals surface area contributed by atoms with E-state index in [0.717, 1.165) is 16.8 Å². The second-order valence-corrected chi connectivity index (χ2v) is 3.91. The zero-order valence-corrected chi connectivity index (χ0v) is 10.2. The Labute approximate surface area is 105 Å². The number of hydrogen-bond donors (Lipinski definition) is 1. The van der Waals surface area contributed by atoms with Crippen molar-refractivity contribution in [3.63, 3.8) is 0 Å². The molecule has 4 heteroatoms. The molecule has 1 aromatic carbocycles. The third-order valence-electron chi connectivity index (χ3n) is 2.65. The normalized spacial score (nSPS) is 10.1. The Morgan fingerprint density at radius 3 is 2.67 bits per heavy atom. The lowest BCUT2D eigenvalue weighted by atomic mass is 10.0. The predicted molar refractivity (Wildman–Crippen MR) is 67.9 cm³/mol. The molecule has 92 valence electrons. The minimum absolute atomic E-state index is 0.236. The number of nitrogens with zero attached hydrogens (tertiary/aromatic N) is 1. The summed E-state index contributed by atoms with van der Waals surface area (Å²) in [7, 11) is 1.56. The van der Waals surface area contributed by atoms with Gasteiger partial charge in [0.15, 0.2) is 0 Å². The molecule has 1 N–H and O–H groups in total. The first-order chi connectivity index (χ1) is 8.61. The van der Waals surface area contributed by atoms with Crippen LogP contribution in [0.15, 0.2) is 36.5 Å². The maximum absolute atomic E-state index is 11.0. The highest BCUT2D eigenvalue weighted by Crippen LogP contribution is 2.30. The van der Waals surface area contributed by atoms with Gasteiger partial charge >= 0.3 is 5.97 Å². The average molecular weight is 243 g/mol. The fraction of sp³-hybridized carbons (Fsp3) is 0.143. The van der Waals surface area contributed by atoms with Crippen LogP contribution >= 0.6 is 0 Å². The predicted octanol–water partition coefficient (Wildman–Crippen LogP) is 2.76. The van der Waals surface area contributed by atoms with E-state index in [1.807, 2.05) is 19.1 Å². The number of pyridine rings is 1. The summed E-state index contributed by atoms with van der Waals surface area (Å²) in [5, 5.41) is 9.02. The van der Waals surface area contributed by atoms with Gasteiger partial charge in [0.25, 0.3) is 0 Å². The number of carboxylic acids is 1. The molecule has 0 aliphatic rings. The molecule has 1 aromatic heterocycles. The number of rotatable bonds is 3. The van der Waals surface area contributed by atoms with Crippen LogP contribution < -0.4 is 4.74 Å². The van der Waals surface area contributed by atoms with Gasteiger partial charge in [-0.2, -0.15) is 0 Å². The number of aryl methyl sites for hydroxylation is 1. The van der Waals surface area contributed by atoms with Gasteiger partial charge in [-0.1, -0.05) is 0 Å². The van der Waals surface area contributed by atoms with E-state index >= 15 is 0 Å². The summed E-state index contributed by atoms with van der Waals surface area (Å²) >= 11 is 0. The van der Waals surface area contributed by atoms with Gasteiger partial charge in [0.2, 0.25) is 0 Å². The summed E-state index contributed by atoms with van der Waals surface area (Å²) in [4.78, 5) is 15.1. The SMILES string of the molecule is COc1ccc(C(=O)O)cc1-c1ccnc(C)c1. The number of hydrogen-bond acceptors (Lipinski definition) is 3. The highest BCUT2D eigenvalue weighted by Gasteiger charge is 2.10. The van der Waals surface area contributed by atoms with Gasteiger partial charge in [-0.15, -0.1) is 0 Å². The van der Waals surface area contributed by atoms with E-state index in [0.29, 0.717) is 5.75 Å². The third kappa shape index (κ3) is 2.32. The van der Waals surface area contributed by atoms with Crippen molar-refractivity contribution in [2.45, 2.75) is 6.92 Å². The first kappa shape index (κ1) is 12.1. The largest absolute Gasteiger partial charge is 0.496 e. The zero-order valence-electron chi connectivity index (χ0n) is 10.2. The Hall–Kier alpha value is -2.36. The van der Waals surface area contributed by atoms with Gasteiger partial charge in [0, 0.05) is 17.5 Å². The van der Waals surface area contributed by atoms with E-state index in [2.05, 4.69) is 4.98 Å². The molecule has 0 unspecified atom stereocenters. The Balaban J connectivity index is 2.60. The molecule has 2 rings (SSSR count). The van der Waals surface area contributed by atoms with Crippen molar-refractivity contribution in [3.05, 3.63) is 47.8 Å². The summed E-state index contributed by atoms with van der Waals surface area (Å²) < 4.78 is 5.26. The molecule has 0 spiro atoms. The molecule has 0 saturated carbocycles. The van der Waals surface area contributed by atoms with Crippen LogP contribution in [0.5, 0.6) is 5.75 Å². The fourth-order valence-electron chi connectivity index (χ4n) is 1.78. The highest BCUT2D eigenvalue weighted by atomic mass is 16.5. The number of ether oxygens (including phenoxy) is 1. The summed E-state index contributed by atoms with van der Waals surface area (Å²) in [5.41, 5.74) is 2.75. The van der Waals surface area contributed by atoms with Crippen molar-refractivity contribution in [2.24, 2.45) is 0 Å². The van der Waals surface area contributed by atoms with Crippen LogP contribution in [-0.2, 0) is 0 Å². The van der Waals surface area contributed by atoms with Crippen molar-refractivity contribution in [1.82, 2.24) is 4.98 Å². The standard InChI is InChI=1S/C14H13NO3/c1-9-7-10(5-6-15-9)12-8-11(14(16)17)3-4-13(12)18-2/h3-8H,1-2H3,(H,16,17). The smallest absolute Gasteiger partial charge is 0.335 e. The topological polar surface area (TPSA) is 59.4 Å². The number of carboxylic acid groups (broad SMARTS) is 1. The van der Waals surface area contributed by atoms with E-state index in [1.54, 1.807) is 25.4 Å². The summed E-state index contributed by atoms with van der Waals surface area (Å²) in [6, 6.07) is 8.52. The van der Waals surface area contributed by atoms with Gasteiger partial charge < -0.3 is 9.84 Å². The lowest BCUT2D eigenvalue weighted by Gasteiger charge is -2.10. The molecular formula is C14H13NO3. The molecule has 0 saturated heterocycles. The van der Waals surface area contributed by atoms with Gasteiger partial charge in [0.05, 0.1) is 12.7 Å². The fourth-order valence-corrected chi connectivity index (χ4v) is 1.78. The second-order valence-electron chi connectivity index (χ2n) is 3.91. The first-order valence-electron chi connectivity index (χ1n) is 5.46. The van der Waals surface area contributed by atoms with Crippen molar-refractivity contribution >= 4 is 5.97 Å². The minimum atomic E-state index is -0.954. The minimum Gasteiger partial charge on any atom is -0.496 e. The maximum atomic E-state index is 11.0. The van der Waals surface area contributed by atoms with Crippen LogP contribution in [-0.4, -0.2) is 23.2 Å². The van der Waals surface area contributed by atoms with E-state index in [9.17, 15) is 4.79 Å². The number of methoxy groups -OCH3 is 1. The van der Waals surface area contributed by atoms with Crippen molar-refractivity contribution < 1.29 is 14.6 Å². The van der Waals surface area contributed by atoms with Crippen molar-refractivity contribution in [2.75, 3.05) is 7.11 Å². The lowest BCUT2D eigenvalue weighted by molar-refractivity contribution is 0.0697. The van der Waals surface area contributed by atoms with Crippen LogP contribution in [0.2, 0.25) is 0 Å². The van der Waals surface area contributed by atoms with Crippen LogP contribution in [0, 0.1) is 6.92 Å². The van der Waals surface area contributed by atoms with Crippen LogP contribution in [0.3, 0.4) is 0 Å². The van der Waals surface area contributed by atoms with Crippen LogP contribution in [0.25, 0.3) is 11.1 Å². The molecule has 0 atom stereocenters. The second kappa shape index (κ2) is 4.87.